The van der Waals surface area contributed by atoms with E-state index in [1.807, 2.05) is 67.4 Å². The molecule has 1 atom stereocenters. The summed E-state index contributed by atoms with van der Waals surface area (Å²) in [4.78, 5) is 0. The summed E-state index contributed by atoms with van der Waals surface area (Å²) in [6, 6.07) is 11.8. The van der Waals surface area contributed by atoms with E-state index in [4.69, 9.17) is 4.74 Å². The second-order valence-corrected chi connectivity index (χ2v) is 6.37. The quantitative estimate of drug-likeness (QED) is 0.685. The van der Waals surface area contributed by atoms with Crippen LogP contribution in [0.2, 0.25) is 0 Å². The smallest absolute Gasteiger partial charge is 0.222 e. The van der Waals surface area contributed by atoms with Gasteiger partial charge in [0, 0.05) is 32.5 Å². The topological polar surface area (TPSA) is 56.9 Å². The molecule has 3 rings (SSSR count). The van der Waals surface area contributed by atoms with Crippen LogP contribution in [0.25, 0.3) is 0 Å². The number of hydrogen-bond donors (Lipinski definition) is 1. The summed E-state index contributed by atoms with van der Waals surface area (Å²) in [6.45, 7) is 6.76. The molecule has 25 heavy (non-hydrogen) atoms. The van der Waals surface area contributed by atoms with Crippen molar-refractivity contribution < 1.29 is 4.74 Å². The lowest BCUT2D eigenvalue weighted by molar-refractivity contribution is 0.409. The van der Waals surface area contributed by atoms with Crippen LogP contribution in [0.15, 0.2) is 48.8 Å². The predicted molar refractivity (Wildman–Crippen MR) is 97.6 cm³/mol. The normalized spacial score (nSPS) is 12.3. The van der Waals surface area contributed by atoms with Gasteiger partial charge in [-0.1, -0.05) is 25.1 Å². The minimum atomic E-state index is 0.482. The van der Waals surface area contributed by atoms with Crippen molar-refractivity contribution in [3.05, 3.63) is 60.0 Å². The van der Waals surface area contributed by atoms with Gasteiger partial charge in [0.05, 0.1) is 11.3 Å². The summed E-state index contributed by atoms with van der Waals surface area (Å²) in [5.74, 6) is 2.09. The monoisotopic (exact) mass is 339 g/mol. The lowest BCUT2D eigenvalue weighted by Gasteiger charge is -2.14. The zero-order valence-electron chi connectivity index (χ0n) is 15.0. The van der Waals surface area contributed by atoms with E-state index in [1.165, 1.54) is 0 Å². The highest BCUT2D eigenvalue weighted by atomic mass is 16.5. The largest absolute Gasteiger partial charge is 0.439 e. The van der Waals surface area contributed by atoms with Crippen molar-refractivity contribution in [1.29, 1.82) is 0 Å². The van der Waals surface area contributed by atoms with Crippen molar-refractivity contribution >= 4 is 0 Å². The lowest BCUT2D eigenvalue weighted by atomic mass is 10.1. The van der Waals surface area contributed by atoms with E-state index in [1.54, 1.807) is 4.68 Å². The molecule has 0 amide bonds. The Bertz CT molecular complexity index is 780. The molecule has 1 N–H and O–H groups in total. The molecule has 0 unspecified atom stereocenters. The predicted octanol–water partition coefficient (Wildman–Crippen LogP) is 3.14. The highest BCUT2D eigenvalue weighted by molar-refractivity contribution is 5.35. The molecule has 0 saturated carbocycles. The molecule has 0 fully saturated rings. The first-order valence-electron chi connectivity index (χ1n) is 8.57. The molecule has 132 valence electrons. The number of rotatable bonds is 8. The van der Waals surface area contributed by atoms with E-state index in [-0.39, 0.29) is 0 Å². The third-order valence-corrected chi connectivity index (χ3v) is 4.10. The standard InChI is InChI=1S/C19H25N5O/c1-15(14-24-11-7-10-21-24)12-20-13-18-16(2)22-23(3)19(18)25-17-8-5-4-6-9-17/h4-11,15,20H,12-14H2,1-3H3/t15-/m1/s1. The Morgan fingerprint density at radius 2 is 2.00 bits per heavy atom. The molecule has 2 aromatic heterocycles. The molecule has 0 radical (unpaired) electrons. The number of hydrogen-bond acceptors (Lipinski definition) is 4. The van der Waals surface area contributed by atoms with Crippen molar-refractivity contribution in [1.82, 2.24) is 24.9 Å². The Kier molecular flexibility index (Phi) is 5.50. The SMILES string of the molecule is Cc1nn(C)c(Oc2ccccc2)c1CNC[C@@H](C)Cn1cccn1. The maximum absolute atomic E-state index is 6.05. The second-order valence-electron chi connectivity index (χ2n) is 6.37. The van der Waals surface area contributed by atoms with E-state index in [0.717, 1.165) is 42.5 Å². The first-order chi connectivity index (χ1) is 12.1. The molecule has 6 nitrogen and oxygen atoms in total. The summed E-state index contributed by atoms with van der Waals surface area (Å²) in [7, 11) is 1.91. The van der Waals surface area contributed by atoms with E-state index >= 15 is 0 Å². The van der Waals surface area contributed by atoms with Gasteiger partial charge in [-0.15, -0.1) is 0 Å². The summed E-state index contributed by atoms with van der Waals surface area (Å²) in [5.41, 5.74) is 2.08. The van der Waals surface area contributed by atoms with E-state index in [0.29, 0.717) is 5.92 Å². The van der Waals surface area contributed by atoms with Crippen molar-refractivity contribution in [3.8, 4) is 11.6 Å². The Hall–Kier alpha value is -2.60. The molecule has 0 aliphatic heterocycles. The molecule has 6 heteroatoms. The number of ether oxygens (including phenoxy) is 1. The zero-order valence-corrected chi connectivity index (χ0v) is 15.0. The van der Waals surface area contributed by atoms with Crippen LogP contribution in [0.1, 0.15) is 18.2 Å². The van der Waals surface area contributed by atoms with Crippen LogP contribution >= 0.6 is 0 Å². The van der Waals surface area contributed by atoms with Crippen molar-refractivity contribution in [3.63, 3.8) is 0 Å². The van der Waals surface area contributed by atoms with Crippen molar-refractivity contribution in [2.75, 3.05) is 6.54 Å². The Balaban J connectivity index is 1.60. The van der Waals surface area contributed by atoms with Crippen LogP contribution in [-0.2, 0) is 20.1 Å². The lowest BCUT2D eigenvalue weighted by Crippen LogP contribution is -2.24. The number of nitrogens with zero attached hydrogens (tertiary/aromatic N) is 4. The van der Waals surface area contributed by atoms with Gasteiger partial charge < -0.3 is 10.1 Å². The van der Waals surface area contributed by atoms with Crippen molar-refractivity contribution in [2.24, 2.45) is 13.0 Å². The zero-order chi connectivity index (χ0) is 17.6. The molecule has 1 aromatic carbocycles. The fourth-order valence-corrected chi connectivity index (χ4v) is 2.85. The highest BCUT2D eigenvalue weighted by Gasteiger charge is 2.15. The van der Waals surface area contributed by atoms with E-state index < -0.39 is 0 Å². The third kappa shape index (κ3) is 4.48. The third-order valence-electron chi connectivity index (χ3n) is 4.10. The number of aromatic nitrogens is 4. The van der Waals surface area contributed by atoms with Gasteiger partial charge in [-0.25, -0.2) is 4.68 Å². The molecule has 0 aliphatic carbocycles. The summed E-state index contributed by atoms with van der Waals surface area (Å²) in [6.07, 6.45) is 3.81. The van der Waals surface area contributed by atoms with Gasteiger partial charge in [0.2, 0.25) is 5.88 Å². The van der Waals surface area contributed by atoms with E-state index in [2.05, 4.69) is 22.4 Å². The Morgan fingerprint density at radius 1 is 1.20 bits per heavy atom. The van der Waals surface area contributed by atoms with Gasteiger partial charge in [0.25, 0.3) is 0 Å². The van der Waals surface area contributed by atoms with Crippen molar-refractivity contribution in [2.45, 2.75) is 26.9 Å². The Morgan fingerprint density at radius 3 is 2.72 bits per heavy atom. The van der Waals surface area contributed by atoms with Crippen LogP contribution < -0.4 is 10.1 Å². The molecule has 0 saturated heterocycles. The maximum atomic E-state index is 6.05. The maximum Gasteiger partial charge on any atom is 0.222 e. The average molecular weight is 339 g/mol. The molecular formula is C19H25N5O. The van der Waals surface area contributed by atoms with E-state index in [9.17, 15) is 0 Å². The van der Waals surface area contributed by atoms with Gasteiger partial charge in [-0.05, 0) is 37.6 Å². The van der Waals surface area contributed by atoms with Gasteiger partial charge in [-0.2, -0.15) is 10.2 Å². The fraction of sp³-hybridized carbons (Fsp3) is 0.368. The van der Waals surface area contributed by atoms with Gasteiger partial charge in [0.1, 0.15) is 5.75 Å². The van der Waals surface area contributed by atoms with Crippen LogP contribution in [0.3, 0.4) is 0 Å². The molecule has 0 aliphatic rings. The number of nitrogens with one attached hydrogen (secondary N) is 1. The Labute approximate surface area is 148 Å². The number of aryl methyl sites for hydroxylation is 2. The highest BCUT2D eigenvalue weighted by Crippen LogP contribution is 2.26. The molecule has 0 bridgehead atoms. The summed E-state index contributed by atoms with van der Waals surface area (Å²) < 4.78 is 9.81. The molecular weight excluding hydrogens is 314 g/mol. The minimum Gasteiger partial charge on any atom is -0.439 e. The molecule has 2 heterocycles. The molecule has 3 aromatic rings. The van der Waals surface area contributed by atoms with Crippen LogP contribution in [0.4, 0.5) is 0 Å². The number of para-hydroxylation sites is 1. The first-order valence-corrected chi connectivity index (χ1v) is 8.57. The average Bonchev–Trinajstić information content (AvgIpc) is 3.19. The van der Waals surface area contributed by atoms with Crippen LogP contribution in [0.5, 0.6) is 11.6 Å². The van der Waals surface area contributed by atoms with Crippen LogP contribution in [0, 0.1) is 12.8 Å². The van der Waals surface area contributed by atoms with Crippen LogP contribution in [-0.4, -0.2) is 26.1 Å². The molecule has 0 spiro atoms. The van der Waals surface area contributed by atoms with Gasteiger partial charge >= 0.3 is 0 Å². The summed E-state index contributed by atoms with van der Waals surface area (Å²) in [5, 5.41) is 12.3. The van der Waals surface area contributed by atoms with Gasteiger partial charge in [-0.3, -0.25) is 4.68 Å². The second kappa shape index (κ2) is 7.98. The summed E-state index contributed by atoms with van der Waals surface area (Å²) >= 11 is 0. The number of benzene rings is 1. The first kappa shape index (κ1) is 17.2. The minimum absolute atomic E-state index is 0.482. The fourth-order valence-electron chi connectivity index (χ4n) is 2.85. The van der Waals surface area contributed by atoms with Gasteiger partial charge in [0.15, 0.2) is 0 Å².